The van der Waals surface area contributed by atoms with Gasteiger partial charge in [-0.2, -0.15) is 0 Å². The molecule has 296 valence electrons. The van der Waals surface area contributed by atoms with Crippen molar-refractivity contribution in [2.24, 2.45) is 5.73 Å². The second-order valence-electron chi connectivity index (χ2n) is 13.0. The quantitative estimate of drug-likeness (QED) is 0.0187. The van der Waals surface area contributed by atoms with Gasteiger partial charge in [0.15, 0.2) is 6.10 Å². The summed E-state index contributed by atoms with van der Waals surface area (Å²) in [5.41, 5.74) is 5.35. The zero-order valence-electron chi connectivity index (χ0n) is 32.2. The molecule has 0 heterocycles. The molecule has 0 aromatic rings. The van der Waals surface area contributed by atoms with E-state index in [0.717, 1.165) is 57.8 Å². The van der Waals surface area contributed by atoms with Crippen LogP contribution >= 0.6 is 7.82 Å². The van der Waals surface area contributed by atoms with E-state index in [4.69, 9.17) is 24.3 Å². The van der Waals surface area contributed by atoms with E-state index in [2.05, 4.69) is 55.5 Å². The molecule has 0 saturated carbocycles. The average Bonchev–Trinajstić information content (AvgIpc) is 3.12. The third-order valence-electron chi connectivity index (χ3n) is 8.19. The fourth-order valence-corrected chi connectivity index (χ4v) is 5.78. The number of carbonyl (C=O) groups excluding carboxylic acids is 1. The van der Waals surface area contributed by atoms with Gasteiger partial charge in [0.2, 0.25) is 0 Å². The number of rotatable bonds is 37. The maximum Gasteiger partial charge on any atom is 0.472 e. The van der Waals surface area contributed by atoms with Crippen LogP contribution in [-0.4, -0.2) is 54.5 Å². The number of phosphoric acid groups is 1. The number of allylic oxidation sites excluding steroid dienone is 9. The van der Waals surface area contributed by atoms with Crippen LogP contribution in [0.2, 0.25) is 0 Å². The minimum atomic E-state index is -4.28. The Labute approximate surface area is 311 Å². The summed E-state index contributed by atoms with van der Waals surface area (Å²) in [6.07, 6.45) is 42.8. The first-order chi connectivity index (χ1) is 24.8. The number of phosphoric ester groups is 1. The SMILES string of the molecule is CCCCCCCCCCCCCC/C=C/O[C@H](COC(=O)CCC/C=C\C/C=C\C/C=C\C/C=C\CC[C@@H](O)CC)COP(=O)(O)OCCN. The zero-order valence-corrected chi connectivity index (χ0v) is 33.1. The Balaban J connectivity index is 4.24. The number of unbranched alkanes of at least 4 members (excludes halogenated alkanes) is 13. The van der Waals surface area contributed by atoms with Crippen LogP contribution in [0.25, 0.3) is 0 Å². The predicted octanol–water partition coefficient (Wildman–Crippen LogP) is 10.7. The molecule has 0 spiro atoms. The third kappa shape index (κ3) is 37.6. The van der Waals surface area contributed by atoms with Gasteiger partial charge in [-0.3, -0.25) is 13.8 Å². The Hall–Kier alpha value is -2.00. The fraction of sp³-hybridized carbons (Fsp3) is 0.732. The number of esters is 1. The number of nitrogens with two attached hydrogens (primary N) is 1. The molecule has 0 rings (SSSR count). The third-order valence-corrected chi connectivity index (χ3v) is 9.17. The van der Waals surface area contributed by atoms with Gasteiger partial charge in [-0.05, 0) is 70.3 Å². The maximum absolute atomic E-state index is 12.3. The molecule has 9 nitrogen and oxygen atoms in total. The number of hydrogen-bond acceptors (Lipinski definition) is 8. The summed E-state index contributed by atoms with van der Waals surface area (Å²) in [5, 5.41) is 9.54. The largest absolute Gasteiger partial charge is 0.492 e. The topological polar surface area (TPSA) is 138 Å². The minimum absolute atomic E-state index is 0.0861. The lowest BCUT2D eigenvalue weighted by atomic mass is 10.0. The number of aliphatic hydroxyl groups excluding tert-OH is 1. The molecule has 0 bridgehead atoms. The summed E-state index contributed by atoms with van der Waals surface area (Å²) in [6, 6.07) is 0. The second-order valence-corrected chi connectivity index (χ2v) is 14.5. The first-order valence-corrected chi connectivity index (χ1v) is 21.4. The van der Waals surface area contributed by atoms with Crippen LogP contribution < -0.4 is 5.73 Å². The van der Waals surface area contributed by atoms with Crippen molar-refractivity contribution in [1.82, 2.24) is 0 Å². The summed E-state index contributed by atoms with van der Waals surface area (Å²) < 4.78 is 33.0. The first-order valence-electron chi connectivity index (χ1n) is 19.9. The molecule has 0 aromatic carbocycles. The van der Waals surface area contributed by atoms with E-state index in [1.54, 1.807) is 6.26 Å². The molecule has 4 N–H and O–H groups in total. The van der Waals surface area contributed by atoms with E-state index in [9.17, 15) is 19.4 Å². The molecule has 1 unspecified atom stereocenters. The Morgan fingerprint density at radius 3 is 1.78 bits per heavy atom. The number of hydrogen-bond donors (Lipinski definition) is 3. The predicted molar refractivity (Wildman–Crippen MR) is 211 cm³/mol. The van der Waals surface area contributed by atoms with Gasteiger partial charge in [0.25, 0.3) is 0 Å². The monoisotopic (exact) mass is 740 g/mol. The normalized spacial score (nSPS) is 14.8. The first kappa shape index (κ1) is 49.0. The Kier molecular flexibility index (Phi) is 36.3. The van der Waals surface area contributed by atoms with Crippen LogP contribution in [0.4, 0.5) is 0 Å². The van der Waals surface area contributed by atoms with E-state index in [1.165, 1.54) is 70.6 Å². The van der Waals surface area contributed by atoms with Crippen molar-refractivity contribution < 1.29 is 37.9 Å². The Morgan fingerprint density at radius 2 is 1.22 bits per heavy atom. The molecule has 51 heavy (non-hydrogen) atoms. The van der Waals surface area contributed by atoms with Gasteiger partial charge in [0.05, 0.1) is 25.6 Å². The van der Waals surface area contributed by atoms with Crippen molar-refractivity contribution >= 4 is 13.8 Å². The van der Waals surface area contributed by atoms with E-state index in [-0.39, 0.29) is 44.9 Å². The van der Waals surface area contributed by atoms with Gasteiger partial charge in [0, 0.05) is 13.0 Å². The molecular weight excluding hydrogens is 665 g/mol. The molecular formula is C41H74NO8P. The summed E-state index contributed by atoms with van der Waals surface area (Å²) in [6.45, 7) is 3.85. The van der Waals surface area contributed by atoms with E-state index < -0.39 is 13.9 Å². The van der Waals surface area contributed by atoms with Gasteiger partial charge in [0.1, 0.15) is 6.61 Å². The highest BCUT2D eigenvalue weighted by Gasteiger charge is 2.24. The number of ether oxygens (including phenoxy) is 2. The molecule has 0 aliphatic heterocycles. The lowest BCUT2D eigenvalue weighted by Crippen LogP contribution is -2.25. The van der Waals surface area contributed by atoms with Crippen LogP contribution in [0.15, 0.2) is 60.9 Å². The van der Waals surface area contributed by atoms with Gasteiger partial charge < -0.3 is 25.2 Å². The smallest absolute Gasteiger partial charge is 0.472 e. The van der Waals surface area contributed by atoms with Gasteiger partial charge in [-0.25, -0.2) is 4.57 Å². The average molecular weight is 740 g/mol. The molecule has 0 aliphatic carbocycles. The highest BCUT2D eigenvalue weighted by molar-refractivity contribution is 7.47. The van der Waals surface area contributed by atoms with Crippen molar-refractivity contribution in [3.05, 3.63) is 60.9 Å². The lowest BCUT2D eigenvalue weighted by molar-refractivity contribution is -0.147. The molecule has 0 aliphatic rings. The molecule has 0 radical (unpaired) electrons. The highest BCUT2D eigenvalue weighted by atomic mass is 31.2. The van der Waals surface area contributed by atoms with Crippen molar-refractivity contribution in [2.75, 3.05) is 26.4 Å². The number of carbonyl (C=O) groups is 1. The fourth-order valence-electron chi connectivity index (χ4n) is 5.01. The molecule has 0 aromatic heterocycles. The van der Waals surface area contributed by atoms with E-state index in [1.807, 2.05) is 13.0 Å². The van der Waals surface area contributed by atoms with Crippen LogP contribution in [0.1, 0.15) is 155 Å². The van der Waals surface area contributed by atoms with Crippen molar-refractivity contribution in [3.8, 4) is 0 Å². The van der Waals surface area contributed by atoms with Gasteiger partial charge >= 0.3 is 13.8 Å². The van der Waals surface area contributed by atoms with E-state index >= 15 is 0 Å². The molecule has 10 heteroatoms. The van der Waals surface area contributed by atoms with Crippen LogP contribution in [0, 0.1) is 0 Å². The van der Waals surface area contributed by atoms with Crippen molar-refractivity contribution in [2.45, 2.75) is 167 Å². The molecule has 0 fully saturated rings. The van der Waals surface area contributed by atoms with Gasteiger partial charge in [-0.1, -0.05) is 133 Å². The summed E-state index contributed by atoms with van der Waals surface area (Å²) in [7, 11) is -4.28. The summed E-state index contributed by atoms with van der Waals surface area (Å²) in [5.74, 6) is -0.357. The lowest BCUT2D eigenvalue weighted by Gasteiger charge is -2.19. The summed E-state index contributed by atoms with van der Waals surface area (Å²) >= 11 is 0. The minimum Gasteiger partial charge on any atom is -0.492 e. The van der Waals surface area contributed by atoms with E-state index in [0.29, 0.717) is 6.42 Å². The Morgan fingerprint density at radius 1 is 0.686 bits per heavy atom. The van der Waals surface area contributed by atoms with Gasteiger partial charge in [-0.15, -0.1) is 0 Å². The van der Waals surface area contributed by atoms with Crippen LogP contribution in [0.5, 0.6) is 0 Å². The highest BCUT2D eigenvalue weighted by Crippen LogP contribution is 2.43. The number of aliphatic hydroxyl groups is 1. The zero-order chi connectivity index (χ0) is 37.5. The molecule has 0 amide bonds. The second kappa shape index (κ2) is 37.7. The van der Waals surface area contributed by atoms with Crippen molar-refractivity contribution in [3.63, 3.8) is 0 Å². The summed E-state index contributed by atoms with van der Waals surface area (Å²) in [4.78, 5) is 22.2. The van der Waals surface area contributed by atoms with Crippen molar-refractivity contribution in [1.29, 1.82) is 0 Å². The standard InChI is InChI=1S/C41H74NO8P/c1-3-5-6-7-8-9-10-11-16-19-22-25-28-31-35-47-40(38-50-51(45,46)49-36-34-42)37-48-41(44)33-30-27-24-21-18-15-13-12-14-17-20-23-26-29-32-39(43)4-2/h13-15,17,21,23-24,26,31,35,39-40,43H,3-12,16,18-20,22,25,27-30,32-34,36-38,42H2,1-2H3,(H,45,46)/b15-13-,17-14-,24-21-,26-23-,35-31+/t39-,40+/m0/s1. The molecule has 3 atom stereocenters. The maximum atomic E-state index is 12.3. The Bertz CT molecular complexity index is 981. The van der Waals surface area contributed by atoms with Crippen LogP contribution in [0.3, 0.4) is 0 Å². The van der Waals surface area contributed by atoms with Crippen LogP contribution in [-0.2, 0) is 27.9 Å². The molecule has 0 saturated heterocycles.